The van der Waals surface area contributed by atoms with Gasteiger partial charge < -0.3 is 9.47 Å². The largest absolute Gasteiger partial charge is 0.380 e. The van der Waals surface area contributed by atoms with Gasteiger partial charge in [-0.05, 0) is 19.8 Å². The minimum atomic E-state index is 0.661. The molecule has 0 saturated carbocycles. The summed E-state index contributed by atoms with van der Waals surface area (Å²) in [5, 5.41) is 0. The van der Waals surface area contributed by atoms with E-state index in [2.05, 4.69) is 11.8 Å². The second kappa shape index (κ2) is 4.40. The first-order chi connectivity index (χ1) is 6.42. The van der Waals surface area contributed by atoms with Gasteiger partial charge in [0.2, 0.25) is 0 Å². The Kier molecular flexibility index (Phi) is 3.19. The predicted molar refractivity (Wildman–Crippen MR) is 50.8 cm³/mol. The minimum Gasteiger partial charge on any atom is -0.380 e. The van der Waals surface area contributed by atoms with E-state index in [-0.39, 0.29) is 0 Å². The highest BCUT2D eigenvalue weighted by molar-refractivity contribution is 4.89. The van der Waals surface area contributed by atoms with E-state index in [0.717, 1.165) is 33.0 Å². The molecule has 0 amide bonds. The van der Waals surface area contributed by atoms with Crippen LogP contribution in [0.25, 0.3) is 0 Å². The molecule has 2 atom stereocenters. The first kappa shape index (κ1) is 9.44. The molecule has 0 aromatic carbocycles. The molecular formula is C10H19NO2. The number of rotatable bonds is 3. The van der Waals surface area contributed by atoms with Crippen molar-refractivity contribution in [3.63, 3.8) is 0 Å². The van der Waals surface area contributed by atoms with Gasteiger partial charge in [-0.2, -0.15) is 0 Å². The van der Waals surface area contributed by atoms with E-state index >= 15 is 0 Å². The van der Waals surface area contributed by atoms with Crippen LogP contribution in [-0.2, 0) is 9.47 Å². The first-order valence-corrected chi connectivity index (χ1v) is 5.33. The molecule has 2 fully saturated rings. The van der Waals surface area contributed by atoms with Gasteiger partial charge in [-0.3, -0.25) is 4.90 Å². The molecule has 2 aliphatic rings. The molecule has 2 rings (SSSR count). The third kappa shape index (κ3) is 2.03. The zero-order valence-corrected chi connectivity index (χ0v) is 8.37. The highest BCUT2D eigenvalue weighted by atomic mass is 16.5. The van der Waals surface area contributed by atoms with Crippen LogP contribution in [0.5, 0.6) is 0 Å². The fourth-order valence-electron chi connectivity index (χ4n) is 2.38. The van der Waals surface area contributed by atoms with Crippen LogP contribution in [0.15, 0.2) is 0 Å². The number of morpholine rings is 1. The van der Waals surface area contributed by atoms with E-state index in [0.29, 0.717) is 12.1 Å². The van der Waals surface area contributed by atoms with Gasteiger partial charge in [-0.15, -0.1) is 0 Å². The molecule has 0 aliphatic carbocycles. The average Bonchev–Trinajstić information content (AvgIpc) is 2.58. The molecule has 0 bridgehead atoms. The normalized spacial score (nSPS) is 34.8. The maximum absolute atomic E-state index is 5.48. The van der Waals surface area contributed by atoms with E-state index in [1.165, 1.54) is 12.8 Å². The fourth-order valence-corrected chi connectivity index (χ4v) is 2.38. The van der Waals surface area contributed by atoms with E-state index in [9.17, 15) is 0 Å². The number of hydrogen-bond acceptors (Lipinski definition) is 3. The van der Waals surface area contributed by atoms with E-state index in [1.54, 1.807) is 0 Å². The van der Waals surface area contributed by atoms with Crippen LogP contribution in [0.3, 0.4) is 0 Å². The number of fused-ring (bicyclic) bond motifs is 1. The fraction of sp³-hybridized carbons (Fsp3) is 1.00. The van der Waals surface area contributed by atoms with Gasteiger partial charge in [-0.1, -0.05) is 0 Å². The highest BCUT2D eigenvalue weighted by Crippen LogP contribution is 2.26. The SMILES string of the molecule is CCOCC1CCC2COCCN12. The van der Waals surface area contributed by atoms with E-state index < -0.39 is 0 Å². The predicted octanol–water partition coefficient (Wildman–Crippen LogP) is 0.886. The number of ether oxygens (including phenoxy) is 2. The molecule has 2 aliphatic heterocycles. The Morgan fingerprint density at radius 1 is 1.46 bits per heavy atom. The highest BCUT2D eigenvalue weighted by Gasteiger charge is 2.35. The zero-order valence-electron chi connectivity index (χ0n) is 8.37. The maximum atomic E-state index is 5.48. The molecule has 76 valence electrons. The molecule has 0 N–H and O–H groups in total. The van der Waals surface area contributed by atoms with E-state index in [4.69, 9.17) is 9.47 Å². The first-order valence-electron chi connectivity index (χ1n) is 5.33. The lowest BCUT2D eigenvalue weighted by Gasteiger charge is -2.33. The zero-order chi connectivity index (χ0) is 9.10. The summed E-state index contributed by atoms with van der Waals surface area (Å²) in [6.45, 7) is 6.74. The molecule has 0 radical (unpaired) electrons. The minimum absolute atomic E-state index is 0.661. The lowest BCUT2D eigenvalue weighted by molar-refractivity contribution is -0.0194. The standard InChI is InChI=1S/C10H19NO2/c1-2-12-7-9-3-4-10-8-13-6-5-11(9)10/h9-10H,2-8H2,1H3. The van der Waals surface area contributed by atoms with Crippen molar-refractivity contribution >= 4 is 0 Å². The van der Waals surface area contributed by atoms with Crippen LogP contribution in [0.2, 0.25) is 0 Å². The molecule has 2 saturated heterocycles. The third-order valence-electron chi connectivity index (χ3n) is 3.09. The van der Waals surface area contributed by atoms with Crippen molar-refractivity contribution in [1.29, 1.82) is 0 Å². The summed E-state index contributed by atoms with van der Waals surface area (Å²) in [5.41, 5.74) is 0. The van der Waals surface area contributed by atoms with Crippen molar-refractivity contribution in [2.75, 3.05) is 33.0 Å². The summed E-state index contributed by atoms with van der Waals surface area (Å²) >= 11 is 0. The van der Waals surface area contributed by atoms with Gasteiger partial charge in [0.25, 0.3) is 0 Å². The lowest BCUT2D eigenvalue weighted by atomic mass is 10.2. The molecule has 2 heterocycles. The molecule has 3 heteroatoms. The van der Waals surface area contributed by atoms with Crippen LogP contribution < -0.4 is 0 Å². The van der Waals surface area contributed by atoms with Crippen LogP contribution >= 0.6 is 0 Å². The molecule has 13 heavy (non-hydrogen) atoms. The van der Waals surface area contributed by atoms with Crippen LogP contribution in [0.1, 0.15) is 19.8 Å². The van der Waals surface area contributed by atoms with Crippen LogP contribution in [-0.4, -0.2) is 50.0 Å². The Hall–Kier alpha value is -0.120. The molecule has 3 nitrogen and oxygen atoms in total. The van der Waals surface area contributed by atoms with Gasteiger partial charge in [0.05, 0.1) is 19.8 Å². The Morgan fingerprint density at radius 2 is 2.38 bits per heavy atom. The smallest absolute Gasteiger partial charge is 0.0622 e. The van der Waals surface area contributed by atoms with Crippen molar-refractivity contribution < 1.29 is 9.47 Å². The summed E-state index contributed by atoms with van der Waals surface area (Å²) in [5.74, 6) is 0. The monoisotopic (exact) mass is 185 g/mol. The van der Waals surface area contributed by atoms with Crippen molar-refractivity contribution in [3.05, 3.63) is 0 Å². The molecule has 2 unspecified atom stereocenters. The van der Waals surface area contributed by atoms with Gasteiger partial charge in [0.15, 0.2) is 0 Å². The third-order valence-corrected chi connectivity index (χ3v) is 3.09. The van der Waals surface area contributed by atoms with Crippen LogP contribution in [0, 0.1) is 0 Å². The summed E-state index contributed by atoms with van der Waals surface area (Å²) < 4.78 is 10.9. The van der Waals surface area contributed by atoms with Gasteiger partial charge in [-0.25, -0.2) is 0 Å². The van der Waals surface area contributed by atoms with Crippen molar-refractivity contribution in [2.45, 2.75) is 31.8 Å². The topological polar surface area (TPSA) is 21.7 Å². The van der Waals surface area contributed by atoms with E-state index in [1.807, 2.05) is 0 Å². The van der Waals surface area contributed by atoms with Crippen molar-refractivity contribution in [1.82, 2.24) is 4.90 Å². The van der Waals surface area contributed by atoms with Gasteiger partial charge >= 0.3 is 0 Å². The second-order valence-electron chi connectivity index (χ2n) is 3.86. The maximum Gasteiger partial charge on any atom is 0.0622 e. The summed E-state index contributed by atoms with van der Waals surface area (Å²) in [6.07, 6.45) is 2.58. The van der Waals surface area contributed by atoms with Crippen molar-refractivity contribution in [2.24, 2.45) is 0 Å². The Labute approximate surface area is 80.0 Å². The van der Waals surface area contributed by atoms with Crippen LogP contribution in [0.4, 0.5) is 0 Å². The molecule has 0 spiro atoms. The Balaban J connectivity index is 1.84. The molecular weight excluding hydrogens is 166 g/mol. The summed E-state index contributed by atoms with van der Waals surface area (Å²) in [7, 11) is 0. The summed E-state index contributed by atoms with van der Waals surface area (Å²) in [6, 6.07) is 1.34. The van der Waals surface area contributed by atoms with Gasteiger partial charge in [0.1, 0.15) is 0 Å². The lowest BCUT2D eigenvalue weighted by Crippen LogP contribution is -2.46. The van der Waals surface area contributed by atoms with Gasteiger partial charge in [0, 0.05) is 25.2 Å². The Bertz CT molecular complexity index is 163. The Morgan fingerprint density at radius 3 is 3.23 bits per heavy atom. The second-order valence-corrected chi connectivity index (χ2v) is 3.86. The average molecular weight is 185 g/mol. The quantitative estimate of drug-likeness (QED) is 0.651. The van der Waals surface area contributed by atoms with Crippen molar-refractivity contribution in [3.8, 4) is 0 Å². The molecule has 0 aromatic heterocycles. The summed E-state index contributed by atoms with van der Waals surface area (Å²) in [4.78, 5) is 2.57. The number of nitrogens with zero attached hydrogens (tertiary/aromatic N) is 1. The molecule has 0 aromatic rings. The number of hydrogen-bond donors (Lipinski definition) is 0.